The Bertz CT molecular complexity index is 374. The van der Waals surface area contributed by atoms with E-state index in [-0.39, 0.29) is 0 Å². The number of nitrogens with one attached hydrogen (secondary N) is 1. The fourth-order valence-electron chi connectivity index (χ4n) is 0.682. The van der Waals surface area contributed by atoms with Crippen molar-refractivity contribution in [3.63, 3.8) is 0 Å². The second-order valence-electron chi connectivity index (χ2n) is 3.29. The first kappa shape index (κ1) is 20.4. The Hall–Kier alpha value is -0.930. The largest absolute Gasteiger partial charge is 0.431 e. The van der Waals surface area contributed by atoms with Crippen molar-refractivity contribution in [3.8, 4) is 0 Å². The minimum absolute atomic E-state index is 0.680. The lowest BCUT2D eigenvalue weighted by molar-refractivity contribution is -0.161. The fraction of sp³-hybridized carbons (Fsp3) is 0.600. The molecule has 0 aromatic carbocycles. The molecule has 0 rings (SSSR count). The van der Waals surface area contributed by atoms with Crippen LogP contribution in [-0.2, 0) is 10.1 Å². The Balaban J connectivity index is 0. The highest BCUT2D eigenvalue weighted by Crippen LogP contribution is 2.40. The van der Waals surface area contributed by atoms with E-state index in [2.05, 4.69) is 18.5 Å². The van der Waals surface area contributed by atoms with Crippen LogP contribution in [0.15, 0.2) is 25.3 Å². The van der Waals surface area contributed by atoms with Crippen LogP contribution < -0.4 is 5.32 Å². The zero-order valence-electron chi connectivity index (χ0n) is 10.4. The molecule has 0 heterocycles. The van der Waals surface area contributed by atoms with Crippen molar-refractivity contribution in [2.24, 2.45) is 0 Å². The third kappa shape index (κ3) is 6.69. The smallest absolute Gasteiger partial charge is 0.310 e. The molecule has 4 nitrogen and oxygen atoms in total. The van der Waals surface area contributed by atoms with E-state index in [1.54, 1.807) is 0 Å². The maximum atomic E-state index is 12.1. The molecule has 9 heteroatoms. The van der Waals surface area contributed by atoms with E-state index in [9.17, 15) is 26.0 Å². The van der Waals surface area contributed by atoms with E-state index in [0.717, 1.165) is 13.1 Å². The highest BCUT2D eigenvalue weighted by Gasteiger charge is 2.64. The molecule has 0 saturated carbocycles. The van der Waals surface area contributed by atoms with E-state index < -0.39 is 27.7 Å². The Kier molecular flexibility index (Phi) is 8.89. The number of hydrogen-bond acceptors (Lipinski definition) is 3. The maximum Gasteiger partial charge on any atom is 0.431 e. The van der Waals surface area contributed by atoms with Gasteiger partial charge in [0.05, 0.1) is 0 Å². The SMILES string of the molecule is C=CCNCC=C.CCC(F)(F)C(F)(F)S(=O)(=O)O. The first-order valence-electron chi connectivity index (χ1n) is 5.13. The summed E-state index contributed by atoms with van der Waals surface area (Å²) in [6, 6.07) is 0. The van der Waals surface area contributed by atoms with E-state index in [4.69, 9.17) is 4.55 Å². The summed E-state index contributed by atoms with van der Waals surface area (Å²) in [6.45, 7) is 9.49. The van der Waals surface area contributed by atoms with Gasteiger partial charge in [-0.1, -0.05) is 19.1 Å². The molecule has 0 saturated heterocycles. The van der Waals surface area contributed by atoms with Crippen molar-refractivity contribution in [3.05, 3.63) is 25.3 Å². The summed E-state index contributed by atoms with van der Waals surface area (Å²) < 4.78 is 75.8. The lowest BCUT2D eigenvalue weighted by atomic mass is 10.3. The maximum absolute atomic E-state index is 12.1. The zero-order chi connectivity index (χ0) is 15.7. The van der Waals surface area contributed by atoms with E-state index in [1.807, 2.05) is 12.2 Å². The minimum atomic E-state index is -6.06. The topological polar surface area (TPSA) is 66.4 Å². The van der Waals surface area contributed by atoms with Crippen LogP contribution in [0.5, 0.6) is 0 Å². The van der Waals surface area contributed by atoms with Crippen LogP contribution in [0.25, 0.3) is 0 Å². The van der Waals surface area contributed by atoms with Crippen LogP contribution >= 0.6 is 0 Å². The van der Waals surface area contributed by atoms with Crippen LogP contribution in [-0.4, -0.2) is 37.2 Å². The molecule has 0 aliphatic carbocycles. The average Bonchev–Trinajstić information content (AvgIpc) is 2.29. The van der Waals surface area contributed by atoms with Gasteiger partial charge in [0.2, 0.25) is 0 Å². The highest BCUT2D eigenvalue weighted by molar-refractivity contribution is 7.87. The Labute approximate surface area is 109 Å². The molecule has 19 heavy (non-hydrogen) atoms. The van der Waals surface area contributed by atoms with Gasteiger partial charge >= 0.3 is 21.3 Å². The normalized spacial score (nSPS) is 12.3. The molecule has 0 aromatic heterocycles. The molecule has 0 aliphatic heterocycles. The van der Waals surface area contributed by atoms with E-state index in [1.165, 1.54) is 0 Å². The summed E-state index contributed by atoms with van der Waals surface area (Å²) in [5, 5.41) is -2.37. The standard InChI is InChI=1S/C6H11N.C4H6F4O3S/c1-3-5-7-6-4-2;1-2-3(5,6)4(7,8)12(9,10)11/h3-4,7H,1-2,5-6H2;2H2,1H3,(H,9,10,11). The van der Waals surface area contributed by atoms with Crippen molar-refractivity contribution in [2.75, 3.05) is 13.1 Å². The van der Waals surface area contributed by atoms with Crippen molar-refractivity contribution >= 4 is 10.1 Å². The van der Waals surface area contributed by atoms with E-state index in [0.29, 0.717) is 6.92 Å². The van der Waals surface area contributed by atoms with Gasteiger partial charge in [0.1, 0.15) is 0 Å². The van der Waals surface area contributed by atoms with Gasteiger partial charge < -0.3 is 5.32 Å². The van der Waals surface area contributed by atoms with Gasteiger partial charge in [-0.2, -0.15) is 26.0 Å². The molecule has 0 unspecified atom stereocenters. The van der Waals surface area contributed by atoms with Gasteiger partial charge in [0, 0.05) is 19.5 Å². The third-order valence-corrected chi connectivity index (χ3v) is 2.72. The molecule has 0 spiro atoms. The molecule has 114 valence electrons. The first-order valence-corrected chi connectivity index (χ1v) is 6.57. The van der Waals surface area contributed by atoms with Gasteiger partial charge in [0.25, 0.3) is 0 Å². The molecule has 0 bridgehead atoms. The lowest BCUT2D eigenvalue weighted by Crippen LogP contribution is -2.46. The number of halogens is 4. The Morgan fingerprint density at radius 1 is 1.16 bits per heavy atom. The van der Waals surface area contributed by atoms with Gasteiger partial charge in [-0.05, 0) is 0 Å². The van der Waals surface area contributed by atoms with Crippen molar-refractivity contribution in [2.45, 2.75) is 24.5 Å². The molecule has 0 atom stereocenters. The average molecular weight is 307 g/mol. The van der Waals surface area contributed by atoms with Gasteiger partial charge in [-0.3, -0.25) is 4.55 Å². The molecular weight excluding hydrogens is 290 g/mol. The number of hydrogen-bond donors (Lipinski definition) is 2. The van der Waals surface area contributed by atoms with Crippen molar-refractivity contribution in [1.29, 1.82) is 0 Å². The molecule has 2 N–H and O–H groups in total. The summed E-state index contributed by atoms with van der Waals surface area (Å²) in [7, 11) is -6.06. The second-order valence-corrected chi connectivity index (χ2v) is 4.75. The number of alkyl halides is 4. The molecule has 0 amide bonds. The van der Waals surface area contributed by atoms with Gasteiger partial charge in [-0.15, -0.1) is 13.2 Å². The van der Waals surface area contributed by atoms with E-state index >= 15 is 0 Å². The molecule has 0 radical (unpaired) electrons. The summed E-state index contributed by atoms with van der Waals surface area (Å²) >= 11 is 0. The van der Waals surface area contributed by atoms with Crippen LogP contribution in [0.4, 0.5) is 17.6 Å². The molecule has 0 aromatic rings. The lowest BCUT2D eigenvalue weighted by Gasteiger charge is -2.21. The second kappa shape index (κ2) is 8.28. The predicted octanol–water partition coefficient (Wildman–Crippen LogP) is 2.46. The zero-order valence-corrected chi connectivity index (χ0v) is 11.2. The monoisotopic (exact) mass is 307 g/mol. The quantitative estimate of drug-likeness (QED) is 0.328. The predicted molar refractivity (Wildman–Crippen MR) is 65.0 cm³/mol. The summed E-state index contributed by atoms with van der Waals surface area (Å²) in [5.74, 6) is -4.75. The van der Waals surface area contributed by atoms with Crippen molar-refractivity contribution < 1.29 is 30.5 Å². The summed E-state index contributed by atoms with van der Waals surface area (Å²) in [5.41, 5.74) is 0. The Morgan fingerprint density at radius 3 is 1.68 bits per heavy atom. The number of rotatable bonds is 7. The highest BCUT2D eigenvalue weighted by atomic mass is 32.2. The molecule has 0 fully saturated rings. The van der Waals surface area contributed by atoms with Gasteiger partial charge in [-0.25, -0.2) is 0 Å². The third-order valence-electron chi connectivity index (χ3n) is 1.77. The van der Waals surface area contributed by atoms with Gasteiger partial charge in [0.15, 0.2) is 0 Å². The van der Waals surface area contributed by atoms with Crippen LogP contribution in [0, 0.1) is 0 Å². The molecular formula is C10H17F4NO3S. The fourth-order valence-corrected chi connectivity index (χ4v) is 1.20. The van der Waals surface area contributed by atoms with Crippen LogP contribution in [0.1, 0.15) is 13.3 Å². The molecule has 0 aliphatic rings. The first-order chi connectivity index (χ1) is 8.47. The minimum Gasteiger partial charge on any atom is -0.310 e. The summed E-state index contributed by atoms with van der Waals surface area (Å²) in [4.78, 5) is 0. The van der Waals surface area contributed by atoms with Crippen LogP contribution in [0.3, 0.4) is 0 Å². The summed E-state index contributed by atoms with van der Waals surface area (Å²) in [6.07, 6.45) is 2.27. The van der Waals surface area contributed by atoms with Crippen LogP contribution in [0.2, 0.25) is 0 Å². The Morgan fingerprint density at radius 2 is 1.53 bits per heavy atom. The van der Waals surface area contributed by atoms with Crippen molar-refractivity contribution in [1.82, 2.24) is 5.32 Å².